The van der Waals surface area contributed by atoms with Crippen molar-refractivity contribution < 1.29 is 14.7 Å². The maximum absolute atomic E-state index is 12.3. The van der Waals surface area contributed by atoms with Crippen LogP contribution in [0.1, 0.15) is 39.0 Å². The molecule has 0 unspecified atom stereocenters. The van der Waals surface area contributed by atoms with E-state index >= 15 is 0 Å². The second-order valence-electron chi connectivity index (χ2n) is 7.56. The lowest BCUT2D eigenvalue weighted by molar-refractivity contribution is -0.120. The molecule has 0 aromatic heterocycles. The van der Waals surface area contributed by atoms with Crippen LogP contribution in [-0.2, 0) is 24.1 Å². The van der Waals surface area contributed by atoms with Crippen LogP contribution in [0.4, 0.5) is 0 Å². The molecule has 3 rings (SSSR count). The van der Waals surface area contributed by atoms with E-state index in [0.717, 1.165) is 24.8 Å². The number of nitrogens with one attached hydrogen (secondary N) is 2. The van der Waals surface area contributed by atoms with E-state index in [-0.39, 0.29) is 30.9 Å². The molecule has 1 aliphatic carbocycles. The lowest BCUT2D eigenvalue weighted by Gasteiger charge is -2.15. The van der Waals surface area contributed by atoms with Crippen LogP contribution in [0.3, 0.4) is 0 Å². The Hall–Kier alpha value is -2.66. The molecule has 148 valence electrons. The summed E-state index contributed by atoms with van der Waals surface area (Å²) in [6.07, 6.45) is 3.92. The maximum Gasteiger partial charge on any atom is 0.251 e. The molecule has 0 heterocycles. The third kappa shape index (κ3) is 5.42. The van der Waals surface area contributed by atoms with E-state index in [1.54, 1.807) is 0 Å². The molecule has 1 aliphatic rings. The van der Waals surface area contributed by atoms with E-state index < -0.39 is 0 Å². The van der Waals surface area contributed by atoms with E-state index in [2.05, 4.69) is 10.6 Å². The smallest absolute Gasteiger partial charge is 0.251 e. The van der Waals surface area contributed by atoms with E-state index in [1.165, 1.54) is 16.7 Å². The van der Waals surface area contributed by atoms with Crippen molar-refractivity contribution in [1.82, 2.24) is 10.6 Å². The van der Waals surface area contributed by atoms with Gasteiger partial charge in [-0.15, -0.1) is 0 Å². The second kappa shape index (κ2) is 9.51. The molecular formula is C23H28N2O3. The van der Waals surface area contributed by atoms with Gasteiger partial charge in [-0.25, -0.2) is 0 Å². The van der Waals surface area contributed by atoms with Crippen LogP contribution >= 0.6 is 0 Å². The van der Waals surface area contributed by atoms with Crippen LogP contribution in [0.2, 0.25) is 0 Å². The summed E-state index contributed by atoms with van der Waals surface area (Å²) in [5.74, 6) is -0.542. The molecular weight excluding hydrogens is 352 g/mol. The third-order valence-corrected chi connectivity index (χ3v) is 5.26. The molecule has 2 aromatic rings. The van der Waals surface area contributed by atoms with Gasteiger partial charge in [-0.3, -0.25) is 9.59 Å². The van der Waals surface area contributed by atoms with Gasteiger partial charge >= 0.3 is 0 Å². The van der Waals surface area contributed by atoms with Crippen molar-refractivity contribution in [2.75, 3.05) is 19.7 Å². The van der Waals surface area contributed by atoms with E-state index in [4.69, 9.17) is 0 Å². The predicted octanol–water partition coefficient (Wildman–Crippen LogP) is 2.18. The highest BCUT2D eigenvalue weighted by molar-refractivity contribution is 5.96. The summed E-state index contributed by atoms with van der Waals surface area (Å²) in [6.45, 7) is 2.33. The van der Waals surface area contributed by atoms with Gasteiger partial charge in [0.25, 0.3) is 5.91 Å². The number of aryl methyl sites for hydroxylation is 3. The summed E-state index contributed by atoms with van der Waals surface area (Å²) in [5.41, 5.74) is 5.47. The summed E-state index contributed by atoms with van der Waals surface area (Å²) in [7, 11) is 0. The Morgan fingerprint density at radius 1 is 1.04 bits per heavy atom. The Morgan fingerprint density at radius 3 is 2.54 bits per heavy atom. The first kappa shape index (κ1) is 20.1. The van der Waals surface area contributed by atoms with Crippen LogP contribution in [0.25, 0.3) is 0 Å². The van der Waals surface area contributed by atoms with Crippen molar-refractivity contribution in [2.24, 2.45) is 5.92 Å². The topological polar surface area (TPSA) is 78.4 Å². The molecule has 3 N–H and O–H groups in total. The minimum Gasteiger partial charge on any atom is -0.396 e. The van der Waals surface area contributed by atoms with E-state index in [0.29, 0.717) is 18.5 Å². The fraction of sp³-hybridized carbons (Fsp3) is 0.391. The highest BCUT2D eigenvalue weighted by atomic mass is 16.3. The molecule has 0 aliphatic heterocycles. The van der Waals surface area contributed by atoms with Gasteiger partial charge in [-0.1, -0.05) is 35.9 Å². The second-order valence-corrected chi connectivity index (χ2v) is 7.56. The van der Waals surface area contributed by atoms with Gasteiger partial charge in [-0.2, -0.15) is 0 Å². The molecule has 5 nitrogen and oxygen atoms in total. The number of carbonyl (C=O) groups is 2. The molecule has 0 radical (unpaired) electrons. The van der Waals surface area contributed by atoms with Crippen molar-refractivity contribution >= 4 is 11.8 Å². The number of fused-ring (bicyclic) bond motifs is 1. The Bertz CT molecular complexity index is 830. The zero-order valence-electron chi connectivity index (χ0n) is 16.3. The van der Waals surface area contributed by atoms with Crippen molar-refractivity contribution in [1.29, 1.82) is 0 Å². The fourth-order valence-corrected chi connectivity index (χ4v) is 3.56. The Morgan fingerprint density at radius 2 is 1.79 bits per heavy atom. The summed E-state index contributed by atoms with van der Waals surface area (Å²) in [6, 6.07) is 13.9. The number of hydrogen-bond acceptors (Lipinski definition) is 3. The monoisotopic (exact) mass is 380 g/mol. The summed E-state index contributed by atoms with van der Waals surface area (Å²) in [5, 5.41) is 15.1. The van der Waals surface area contributed by atoms with E-state index in [9.17, 15) is 14.7 Å². The molecule has 5 heteroatoms. The number of rotatable bonds is 8. The van der Waals surface area contributed by atoms with Crippen molar-refractivity contribution in [3.8, 4) is 0 Å². The van der Waals surface area contributed by atoms with Crippen LogP contribution < -0.4 is 10.6 Å². The SMILES string of the molecule is Cc1ccc(C[C@H](CO)CNC(=O)CNC(=O)c2ccc3c(c2)CCC3)cc1. The maximum atomic E-state index is 12.3. The normalized spacial score (nSPS) is 13.6. The fourth-order valence-electron chi connectivity index (χ4n) is 3.56. The van der Waals surface area contributed by atoms with Crippen LogP contribution in [0, 0.1) is 12.8 Å². The van der Waals surface area contributed by atoms with E-state index in [1.807, 2.05) is 49.4 Å². The molecule has 1 atom stereocenters. The van der Waals surface area contributed by atoms with Crippen molar-refractivity contribution in [2.45, 2.75) is 32.6 Å². The first-order valence-corrected chi connectivity index (χ1v) is 9.88. The number of hydrogen-bond donors (Lipinski definition) is 3. The molecule has 0 fully saturated rings. The lowest BCUT2D eigenvalue weighted by Crippen LogP contribution is -2.39. The average molecular weight is 380 g/mol. The molecule has 2 aromatic carbocycles. The number of aliphatic hydroxyl groups is 1. The standard InChI is InChI=1S/C23H28N2O3/c1-16-5-7-17(8-6-16)11-18(15-26)13-24-22(27)14-25-23(28)21-10-9-19-3-2-4-20(19)12-21/h5-10,12,18,26H,2-4,11,13-15H2,1H3,(H,24,27)(H,25,28)/t18-/m0/s1. The Labute approximate surface area is 166 Å². The largest absolute Gasteiger partial charge is 0.396 e. The first-order chi connectivity index (χ1) is 13.5. The van der Waals surface area contributed by atoms with Crippen LogP contribution in [-0.4, -0.2) is 36.6 Å². The zero-order valence-corrected chi connectivity index (χ0v) is 16.3. The minimum absolute atomic E-state index is 0.00432. The Balaban J connectivity index is 1.43. The number of benzene rings is 2. The van der Waals surface area contributed by atoms with Gasteiger partial charge in [0.15, 0.2) is 0 Å². The van der Waals surface area contributed by atoms with Crippen molar-refractivity contribution in [3.05, 3.63) is 70.3 Å². The van der Waals surface area contributed by atoms with Gasteiger partial charge in [0.05, 0.1) is 6.54 Å². The Kier molecular flexibility index (Phi) is 6.82. The summed E-state index contributed by atoms with van der Waals surface area (Å²) < 4.78 is 0. The van der Waals surface area contributed by atoms with Gasteiger partial charge < -0.3 is 15.7 Å². The molecule has 0 saturated heterocycles. The molecule has 0 spiro atoms. The summed E-state index contributed by atoms with van der Waals surface area (Å²) in [4.78, 5) is 24.4. The van der Waals surface area contributed by atoms with Crippen LogP contribution in [0.15, 0.2) is 42.5 Å². The van der Waals surface area contributed by atoms with Gasteiger partial charge in [0, 0.05) is 24.6 Å². The molecule has 28 heavy (non-hydrogen) atoms. The average Bonchev–Trinajstić information content (AvgIpc) is 3.18. The molecule has 2 amide bonds. The number of carbonyl (C=O) groups excluding carboxylic acids is 2. The van der Waals surface area contributed by atoms with Gasteiger partial charge in [0.1, 0.15) is 0 Å². The highest BCUT2D eigenvalue weighted by Crippen LogP contribution is 2.22. The molecule has 0 bridgehead atoms. The first-order valence-electron chi connectivity index (χ1n) is 9.88. The minimum atomic E-state index is -0.253. The summed E-state index contributed by atoms with van der Waals surface area (Å²) >= 11 is 0. The number of aliphatic hydroxyl groups excluding tert-OH is 1. The zero-order chi connectivity index (χ0) is 19.9. The van der Waals surface area contributed by atoms with Crippen LogP contribution in [0.5, 0.6) is 0 Å². The number of amides is 2. The predicted molar refractivity (Wildman–Crippen MR) is 109 cm³/mol. The third-order valence-electron chi connectivity index (χ3n) is 5.26. The van der Waals surface area contributed by atoms with Crippen molar-refractivity contribution in [3.63, 3.8) is 0 Å². The highest BCUT2D eigenvalue weighted by Gasteiger charge is 2.15. The molecule has 0 saturated carbocycles. The van der Waals surface area contributed by atoms with Gasteiger partial charge in [0.2, 0.25) is 5.91 Å². The lowest BCUT2D eigenvalue weighted by atomic mass is 9.99. The quantitative estimate of drug-likeness (QED) is 0.657. The van der Waals surface area contributed by atoms with Gasteiger partial charge in [-0.05, 0) is 61.4 Å².